The molecule has 0 saturated heterocycles. The molecule has 9 heteroatoms. The van der Waals surface area contributed by atoms with Crippen molar-refractivity contribution < 1.29 is 18.0 Å². The Morgan fingerprint density at radius 3 is 2.17 bits per heavy atom. The highest BCUT2D eigenvalue weighted by Gasteiger charge is 2.35. The van der Waals surface area contributed by atoms with Crippen LogP contribution in [0.25, 0.3) is 10.6 Å². The molecule has 0 aliphatic heterocycles. The standard InChI is InChI=1S/C11H11F3N4OS.2C2H6/c1-2-18-6(4-8(17-18)11(12,13)14)9-5(15)3-7(20-9)10(16)19;2*1-2/h3-4H,2,15H2,1H3,(H2,16,19);2*1-2H3. The molecule has 0 unspecified atom stereocenters. The molecule has 136 valence electrons. The number of thiophene rings is 1. The zero-order valence-corrected chi connectivity index (χ0v) is 15.2. The van der Waals surface area contributed by atoms with Crippen LogP contribution in [0.3, 0.4) is 0 Å². The Labute approximate surface area is 143 Å². The smallest absolute Gasteiger partial charge is 0.397 e. The number of halogens is 3. The Hall–Kier alpha value is -2.03. The number of carbonyl (C=O) groups is 1. The minimum Gasteiger partial charge on any atom is -0.397 e. The van der Waals surface area contributed by atoms with Gasteiger partial charge in [0, 0.05) is 6.54 Å². The lowest BCUT2D eigenvalue weighted by atomic mass is 10.2. The number of carbonyl (C=O) groups excluding carboxylic acids is 1. The van der Waals surface area contributed by atoms with Gasteiger partial charge in [-0.1, -0.05) is 27.7 Å². The van der Waals surface area contributed by atoms with E-state index in [0.717, 1.165) is 17.4 Å². The SMILES string of the molecule is CC.CC.CCn1nc(C(F)(F)F)cc1-c1sc(C(N)=O)cc1N. The van der Waals surface area contributed by atoms with Crippen molar-refractivity contribution in [1.29, 1.82) is 0 Å². The molecule has 0 atom stereocenters. The lowest BCUT2D eigenvalue weighted by molar-refractivity contribution is -0.141. The second-order valence-electron chi connectivity index (χ2n) is 3.99. The van der Waals surface area contributed by atoms with Gasteiger partial charge >= 0.3 is 6.18 Å². The lowest BCUT2D eigenvalue weighted by Crippen LogP contribution is -2.08. The van der Waals surface area contributed by atoms with Crippen LogP contribution in [0.2, 0.25) is 0 Å². The van der Waals surface area contributed by atoms with Crippen LogP contribution in [-0.2, 0) is 12.7 Å². The van der Waals surface area contributed by atoms with E-state index in [2.05, 4.69) is 5.10 Å². The highest BCUT2D eigenvalue weighted by molar-refractivity contribution is 7.18. The maximum atomic E-state index is 12.7. The van der Waals surface area contributed by atoms with Gasteiger partial charge in [0.05, 0.1) is 21.1 Å². The highest BCUT2D eigenvalue weighted by Crippen LogP contribution is 2.38. The Balaban J connectivity index is 0.00000123. The van der Waals surface area contributed by atoms with E-state index in [4.69, 9.17) is 11.5 Å². The molecule has 2 heterocycles. The predicted molar refractivity (Wildman–Crippen MR) is 91.8 cm³/mol. The van der Waals surface area contributed by atoms with Gasteiger partial charge in [0.15, 0.2) is 5.69 Å². The number of hydrogen-bond acceptors (Lipinski definition) is 4. The van der Waals surface area contributed by atoms with Gasteiger partial charge in [-0.05, 0) is 19.1 Å². The number of aromatic nitrogens is 2. The Morgan fingerprint density at radius 1 is 1.25 bits per heavy atom. The van der Waals surface area contributed by atoms with Crippen molar-refractivity contribution in [3.05, 3.63) is 22.7 Å². The van der Waals surface area contributed by atoms with Gasteiger partial charge in [0.2, 0.25) is 0 Å². The largest absolute Gasteiger partial charge is 0.435 e. The number of nitrogen functional groups attached to an aromatic ring is 1. The molecule has 0 bridgehead atoms. The number of amides is 1. The quantitative estimate of drug-likeness (QED) is 0.847. The average Bonchev–Trinajstić information content (AvgIpc) is 3.14. The Morgan fingerprint density at radius 2 is 1.79 bits per heavy atom. The first-order chi connectivity index (χ1) is 11.2. The molecule has 2 rings (SSSR count). The van der Waals surface area contributed by atoms with Crippen LogP contribution in [0.1, 0.15) is 50.0 Å². The van der Waals surface area contributed by atoms with Gasteiger partial charge in [-0.15, -0.1) is 11.3 Å². The molecule has 0 spiro atoms. The van der Waals surface area contributed by atoms with Gasteiger partial charge in [0.25, 0.3) is 5.91 Å². The predicted octanol–water partition coefficient (Wildman–Crippen LogP) is 4.38. The van der Waals surface area contributed by atoms with E-state index in [1.54, 1.807) is 6.92 Å². The Kier molecular flexibility index (Phi) is 8.52. The fraction of sp³-hybridized carbons (Fsp3) is 0.467. The zero-order chi connectivity index (χ0) is 19.1. The Bertz CT molecular complexity index is 662. The van der Waals surface area contributed by atoms with E-state index in [9.17, 15) is 18.0 Å². The molecule has 0 aliphatic carbocycles. The second kappa shape index (κ2) is 9.31. The third-order valence-corrected chi connectivity index (χ3v) is 3.79. The number of aryl methyl sites for hydroxylation is 1. The second-order valence-corrected chi connectivity index (χ2v) is 5.04. The first kappa shape index (κ1) is 22.0. The summed E-state index contributed by atoms with van der Waals surface area (Å²) in [6.45, 7) is 9.91. The number of primary amides is 1. The van der Waals surface area contributed by atoms with Crippen molar-refractivity contribution in [3.8, 4) is 10.6 Å². The van der Waals surface area contributed by atoms with Gasteiger partial charge in [-0.25, -0.2) is 0 Å². The van der Waals surface area contributed by atoms with Crippen molar-refractivity contribution in [2.75, 3.05) is 5.73 Å². The number of anilines is 1. The van der Waals surface area contributed by atoms with Crippen molar-refractivity contribution in [2.24, 2.45) is 5.73 Å². The highest BCUT2D eigenvalue weighted by atomic mass is 32.1. The summed E-state index contributed by atoms with van der Waals surface area (Å²) in [7, 11) is 0. The van der Waals surface area contributed by atoms with Crippen molar-refractivity contribution in [1.82, 2.24) is 9.78 Å². The fourth-order valence-electron chi connectivity index (χ4n) is 1.71. The molecule has 0 aromatic carbocycles. The minimum atomic E-state index is -4.53. The van der Waals surface area contributed by atoms with Crippen LogP contribution >= 0.6 is 11.3 Å². The molecule has 5 nitrogen and oxygen atoms in total. The summed E-state index contributed by atoms with van der Waals surface area (Å²) in [5, 5.41) is 3.50. The van der Waals surface area contributed by atoms with Gasteiger partial charge in [-0.3, -0.25) is 9.48 Å². The van der Waals surface area contributed by atoms with Crippen LogP contribution in [0, 0.1) is 0 Å². The van der Waals surface area contributed by atoms with E-state index in [1.165, 1.54) is 10.7 Å². The summed E-state index contributed by atoms with van der Waals surface area (Å²) in [5.41, 5.74) is 10.3. The number of hydrogen-bond donors (Lipinski definition) is 2. The molecule has 24 heavy (non-hydrogen) atoms. The van der Waals surface area contributed by atoms with Crippen LogP contribution in [0.5, 0.6) is 0 Å². The molecule has 2 aromatic heterocycles. The average molecular weight is 364 g/mol. The molecular formula is C15H23F3N4OS. The van der Waals surface area contributed by atoms with Gasteiger partial charge in [-0.2, -0.15) is 18.3 Å². The van der Waals surface area contributed by atoms with Crippen LogP contribution < -0.4 is 11.5 Å². The van der Waals surface area contributed by atoms with E-state index in [-0.39, 0.29) is 22.8 Å². The van der Waals surface area contributed by atoms with E-state index in [0.29, 0.717) is 4.88 Å². The lowest BCUT2D eigenvalue weighted by Gasteiger charge is -2.02. The zero-order valence-electron chi connectivity index (χ0n) is 14.4. The molecular weight excluding hydrogens is 341 g/mol. The first-order valence-corrected chi connectivity index (χ1v) is 8.40. The van der Waals surface area contributed by atoms with E-state index in [1.807, 2.05) is 27.7 Å². The summed E-state index contributed by atoms with van der Waals surface area (Å²) < 4.78 is 39.3. The van der Waals surface area contributed by atoms with E-state index >= 15 is 0 Å². The maximum absolute atomic E-state index is 12.7. The summed E-state index contributed by atoms with van der Waals surface area (Å²) in [6, 6.07) is 2.26. The van der Waals surface area contributed by atoms with Gasteiger partial charge < -0.3 is 11.5 Å². The topological polar surface area (TPSA) is 86.9 Å². The molecule has 0 fully saturated rings. The molecule has 0 saturated carbocycles. The van der Waals surface area contributed by atoms with Crippen molar-refractivity contribution in [3.63, 3.8) is 0 Å². The molecule has 0 aliphatic rings. The van der Waals surface area contributed by atoms with E-state index < -0.39 is 17.8 Å². The normalized spacial score (nSPS) is 10.3. The maximum Gasteiger partial charge on any atom is 0.435 e. The number of nitrogens with zero attached hydrogens (tertiary/aromatic N) is 2. The molecule has 0 radical (unpaired) electrons. The molecule has 2 aromatic rings. The minimum absolute atomic E-state index is 0.190. The number of nitrogens with two attached hydrogens (primary N) is 2. The third kappa shape index (κ3) is 4.98. The van der Waals surface area contributed by atoms with Crippen LogP contribution in [0.15, 0.2) is 12.1 Å². The van der Waals surface area contributed by atoms with Crippen molar-refractivity contribution in [2.45, 2.75) is 47.3 Å². The van der Waals surface area contributed by atoms with Crippen molar-refractivity contribution >= 4 is 22.9 Å². The monoisotopic (exact) mass is 364 g/mol. The first-order valence-electron chi connectivity index (χ1n) is 7.58. The van der Waals surface area contributed by atoms with Crippen LogP contribution in [0.4, 0.5) is 18.9 Å². The van der Waals surface area contributed by atoms with Crippen LogP contribution in [-0.4, -0.2) is 15.7 Å². The third-order valence-electron chi connectivity index (χ3n) is 2.61. The summed E-state index contributed by atoms with van der Waals surface area (Å²) in [4.78, 5) is 11.6. The summed E-state index contributed by atoms with van der Waals surface area (Å²) in [6.07, 6.45) is -4.53. The molecule has 1 amide bonds. The summed E-state index contributed by atoms with van der Waals surface area (Å²) >= 11 is 0.946. The number of rotatable bonds is 3. The fourth-order valence-corrected chi connectivity index (χ4v) is 2.66. The number of alkyl halides is 3. The summed E-state index contributed by atoms with van der Waals surface area (Å²) in [5.74, 6) is -0.674. The molecule has 4 N–H and O–H groups in total. The van der Waals surface area contributed by atoms with Gasteiger partial charge in [0.1, 0.15) is 0 Å².